The summed E-state index contributed by atoms with van der Waals surface area (Å²) in [5, 5.41) is 7.30. The van der Waals surface area contributed by atoms with Crippen molar-refractivity contribution >= 4 is 52.9 Å². The number of benzene rings is 4. The van der Waals surface area contributed by atoms with Crippen molar-refractivity contribution < 1.29 is 6.51 Å². The fourth-order valence-corrected chi connectivity index (χ4v) is 158. The molecule has 10 saturated heterocycles. The minimum atomic E-state index is -5.02. The van der Waals surface area contributed by atoms with Gasteiger partial charge in [-0.25, -0.2) is 0 Å². The van der Waals surface area contributed by atoms with Crippen molar-refractivity contribution in [1.82, 2.24) is 0 Å². The van der Waals surface area contributed by atoms with E-state index in [1.165, 1.54) is 106 Å². The van der Waals surface area contributed by atoms with Crippen molar-refractivity contribution in [3.63, 3.8) is 0 Å². The van der Waals surface area contributed by atoms with Crippen LogP contribution in [0.15, 0.2) is 121 Å². The van der Waals surface area contributed by atoms with Gasteiger partial charge >= 0.3 is 403 Å². The standard InChI is InChI=1S/2C31H39P2.Fe/c2*1-25(32(26-15-6-2-7-16-26)27-17-8-3-9-18-27)30-23-14-24-31(30)33(28-19-10-4-11-20-28)29-21-12-5-13-22-29;/h2*4-5,10-14,19-27H,2-3,6-9,15-18H2,1H3;/t2*25-;/m11./s1. The molecule has 14 aliphatic rings. The SMILES string of the molecule is C[C@@H](P(C1CCCCC1)C1CCCCC1)[C]12[CH]3[CH]4[CH]5[C]1(P(c1ccccc1)c1ccccc1)[Fe]43521678[CH]2[CH]1[C]6([C@@H](C)P(C1CCCCC1)C1CCCCC1)[C@@]7(P(c1ccccc1)c1ccccc1)[CH]28. The molecule has 4 saturated carbocycles. The Morgan fingerprint density at radius 2 is 0.612 bits per heavy atom. The molecule has 4 aromatic rings. The third kappa shape index (κ3) is 1.79. The molecule has 0 bridgehead atoms. The van der Waals surface area contributed by atoms with E-state index < -0.39 is 22.4 Å². The summed E-state index contributed by atoms with van der Waals surface area (Å²) in [6.07, 6.45) is 31.0. The fraction of sp³-hybridized carbons (Fsp3) is 0.613. The zero-order chi connectivity index (χ0) is 44.1. The van der Waals surface area contributed by atoms with Gasteiger partial charge in [-0.3, -0.25) is 0 Å². The summed E-state index contributed by atoms with van der Waals surface area (Å²) >= 11 is 0. The van der Waals surface area contributed by atoms with Gasteiger partial charge in [-0.05, 0) is 0 Å². The Bertz CT molecular complexity index is 2810. The van der Waals surface area contributed by atoms with Crippen LogP contribution in [0.3, 0.4) is 0 Å². The van der Waals surface area contributed by atoms with Crippen LogP contribution in [0.5, 0.6) is 0 Å². The van der Waals surface area contributed by atoms with E-state index in [9.17, 15) is 0 Å². The van der Waals surface area contributed by atoms with Gasteiger partial charge in [-0.2, -0.15) is 0 Å². The first-order valence-corrected chi connectivity index (χ1v) is 40.3. The van der Waals surface area contributed by atoms with Gasteiger partial charge in [0.15, 0.2) is 0 Å². The van der Waals surface area contributed by atoms with Crippen LogP contribution < -0.4 is 21.2 Å². The second-order valence-corrected chi connectivity index (χ2v) is 61.9. The Hall–Kier alpha value is -0.881. The Kier molecular flexibility index (Phi) is 5.74. The summed E-state index contributed by atoms with van der Waals surface area (Å²) in [5.41, 5.74) is 6.19. The van der Waals surface area contributed by atoms with E-state index in [-0.39, 0.29) is 15.8 Å². The quantitative estimate of drug-likeness (QED) is 0.0872. The molecule has 4 aromatic carbocycles. The molecule has 354 valence electrons. The third-order valence-electron chi connectivity index (χ3n) is 30.0. The van der Waals surface area contributed by atoms with Crippen molar-refractivity contribution in [1.29, 1.82) is 0 Å². The molecule has 14 fully saturated rings. The Labute approximate surface area is 399 Å². The zero-order valence-corrected chi connectivity index (χ0v) is 45.4. The number of rotatable bonds is 14. The fourth-order valence-electron chi connectivity index (χ4n) is 32.2. The summed E-state index contributed by atoms with van der Waals surface area (Å²) in [4.78, 5) is 7.21. The number of hydrogen-bond donors (Lipinski definition) is 0. The first kappa shape index (κ1) is 40.6. The Balaban J connectivity index is 0.975. The number of fused-ring (bicyclic) bond motifs is 10. The predicted molar refractivity (Wildman–Crippen MR) is 292 cm³/mol. The van der Waals surface area contributed by atoms with E-state index in [1.54, 1.807) is 51.4 Å². The molecule has 12 atom stereocenters. The van der Waals surface area contributed by atoms with Crippen molar-refractivity contribution in [2.45, 2.75) is 222 Å². The molecule has 0 nitrogen and oxygen atoms in total. The maximum atomic E-state index is 3.19. The summed E-state index contributed by atoms with van der Waals surface area (Å²) < 4.78 is 2.73. The van der Waals surface area contributed by atoms with Crippen molar-refractivity contribution in [3.05, 3.63) is 121 Å². The van der Waals surface area contributed by atoms with Crippen molar-refractivity contribution in [2.75, 3.05) is 0 Å². The first-order valence-electron chi connectivity index (χ1n) is 28.5. The van der Waals surface area contributed by atoms with Crippen LogP contribution >= 0.6 is 31.7 Å². The van der Waals surface area contributed by atoms with Gasteiger partial charge in [-0.15, -0.1) is 0 Å². The van der Waals surface area contributed by atoms with Gasteiger partial charge in [0.05, 0.1) is 0 Å². The van der Waals surface area contributed by atoms with Crippen LogP contribution in [0.1, 0.15) is 142 Å². The molecular formula is C62H78FeP4. The maximum absolute atomic E-state index is 5.02. The van der Waals surface area contributed by atoms with Gasteiger partial charge in [0.1, 0.15) is 0 Å². The van der Waals surface area contributed by atoms with E-state index >= 15 is 0 Å². The van der Waals surface area contributed by atoms with E-state index in [2.05, 4.69) is 135 Å². The second-order valence-electron chi connectivity index (χ2n) is 27.4. The Morgan fingerprint density at radius 1 is 0.358 bits per heavy atom. The molecular weight excluding hydrogens is 924 g/mol. The van der Waals surface area contributed by atoms with Crippen LogP contribution in [0.25, 0.3) is 0 Å². The minimum absolute atomic E-state index is 0.0323. The monoisotopic (exact) mass is 1000 g/mol. The summed E-state index contributed by atoms with van der Waals surface area (Å²) in [6.45, 7) is 1.36. The molecule has 0 N–H and O–H groups in total. The molecule has 10 aliphatic heterocycles. The van der Waals surface area contributed by atoms with Crippen molar-refractivity contribution in [3.8, 4) is 0 Å². The average Bonchev–Trinajstić information content (AvgIpc) is 4.36. The van der Waals surface area contributed by atoms with Gasteiger partial charge in [0.2, 0.25) is 0 Å². The van der Waals surface area contributed by atoms with Gasteiger partial charge in [-0.1, -0.05) is 0 Å². The van der Waals surface area contributed by atoms with Crippen LogP contribution in [0, 0.1) is 0 Å². The zero-order valence-electron chi connectivity index (χ0n) is 40.8. The molecule has 0 radical (unpaired) electrons. The van der Waals surface area contributed by atoms with Crippen LogP contribution in [-0.4, -0.2) is 42.1 Å². The van der Waals surface area contributed by atoms with Gasteiger partial charge < -0.3 is 0 Å². The molecule has 0 aromatic heterocycles. The van der Waals surface area contributed by atoms with E-state index in [0.717, 1.165) is 34.0 Å². The van der Waals surface area contributed by atoms with Crippen LogP contribution in [-0.2, 0) is 6.51 Å². The third-order valence-corrected chi connectivity index (χ3v) is 96.7. The molecule has 67 heavy (non-hydrogen) atoms. The second kappa shape index (κ2) is 9.47. The van der Waals surface area contributed by atoms with Crippen LogP contribution in [0.4, 0.5) is 0 Å². The average molecular weight is 1000 g/mol. The van der Waals surface area contributed by atoms with Crippen LogP contribution in [0.2, 0.25) is 37.5 Å². The van der Waals surface area contributed by atoms with Crippen molar-refractivity contribution in [2.24, 2.45) is 0 Å². The molecule has 0 amide bonds. The molecule has 18 rings (SSSR count). The first-order chi connectivity index (χ1) is 32.9. The van der Waals surface area contributed by atoms with E-state index in [4.69, 9.17) is 0 Å². The molecule has 10 heterocycles. The van der Waals surface area contributed by atoms with E-state index in [0.29, 0.717) is 16.7 Å². The summed E-state index contributed by atoms with van der Waals surface area (Å²) in [5.74, 6) is 0. The molecule has 5 heteroatoms. The molecule has 1 spiro atoms. The number of hydrogen-bond acceptors (Lipinski definition) is 0. The molecule has 9 unspecified atom stereocenters. The Morgan fingerprint density at radius 3 is 0.851 bits per heavy atom. The summed E-state index contributed by atoms with van der Waals surface area (Å²) in [7, 11) is -1.03. The topological polar surface area (TPSA) is 0 Å². The predicted octanol–water partition coefficient (Wildman–Crippen LogP) is 17.3. The van der Waals surface area contributed by atoms with Gasteiger partial charge in [0, 0.05) is 0 Å². The normalized spacial score (nSPS) is 50.2. The van der Waals surface area contributed by atoms with Gasteiger partial charge in [0.25, 0.3) is 0 Å². The summed E-state index contributed by atoms with van der Waals surface area (Å²) in [6, 6.07) is 51.5. The van der Waals surface area contributed by atoms with E-state index in [1.807, 2.05) is 21.2 Å². The molecule has 4 aliphatic carbocycles.